The molecule has 2 aliphatic rings. The summed E-state index contributed by atoms with van der Waals surface area (Å²) in [6.07, 6.45) is 5.61. The van der Waals surface area contributed by atoms with Gasteiger partial charge in [0.1, 0.15) is 0 Å². The summed E-state index contributed by atoms with van der Waals surface area (Å²) in [6.45, 7) is 9.38. The highest BCUT2D eigenvalue weighted by atomic mass is 16.2. The van der Waals surface area contributed by atoms with Gasteiger partial charge in [-0.25, -0.2) is 4.68 Å². The van der Waals surface area contributed by atoms with E-state index in [-0.39, 0.29) is 11.4 Å². The van der Waals surface area contributed by atoms with E-state index in [0.29, 0.717) is 12.5 Å². The van der Waals surface area contributed by atoms with Crippen LogP contribution in [0.3, 0.4) is 0 Å². The Balaban J connectivity index is 1.83. The molecule has 7 nitrogen and oxygen atoms in total. The highest BCUT2D eigenvalue weighted by molar-refractivity contribution is 5.73. The van der Waals surface area contributed by atoms with Crippen molar-refractivity contribution in [2.24, 2.45) is 11.8 Å². The number of tetrazole rings is 1. The third-order valence-corrected chi connectivity index (χ3v) is 5.24. The summed E-state index contributed by atoms with van der Waals surface area (Å²) in [4.78, 5) is 13.9. The molecule has 134 valence electrons. The fourth-order valence-corrected chi connectivity index (χ4v) is 3.47. The van der Waals surface area contributed by atoms with Crippen molar-refractivity contribution in [2.75, 3.05) is 19.6 Å². The van der Waals surface area contributed by atoms with Crippen molar-refractivity contribution in [3.63, 3.8) is 0 Å². The Morgan fingerprint density at radius 3 is 2.88 bits per heavy atom. The van der Waals surface area contributed by atoms with E-state index in [1.807, 2.05) is 9.58 Å². The molecule has 1 saturated heterocycles. The van der Waals surface area contributed by atoms with Gasteiger partial charge in [-0.05, 0) is 60.9 Å². The monoisotopic (exact) mass is 334 g/mol. The second-order valence-corrected chi connectivity index (χ2v) is 7.86. The molecule has 3 rings (SSSR count). The van der Waals surface area contributed by atoms with Crippen LogP contribution in [0, 0.1) is 11.8 Å². The van der Waals surface area contributed by atoms with E-state index in [1.54, 1.807) is 6.92 Å². The first kappa shape index (κ1) is 17.3. The Kier molecular flexibility index (Phi) is 5.18. The van der Waals surface area contributed by atoms with E-state index >= 15 is 0 Å². The Bertz CT molecular complexity index is 567. The van der Waals surface area contributed by atoms with Gasteiger partial charge in [0.15, 0.2) is 5.82 Å². The van der Waals surface area contributed by atoms with Crippen LogP contribution in [0.15, 0.2) is 0 Å². The van der Waals surface area contributed by atoms with E-state index in [1.165, 1.54) is 12.8 Å². The van der Waals surface area contributed by atoms with Crippen molar-refractivity contribution in [1.82, 2.24) is 30.4 Å². The number of hydrogen-bond donors (Lipinski definition) is 1. The van der Waals surface area contributed by atoms with Crippen molar-refractivity contribution in [1.29, 1.82) is 0 Å². The predicted octanol–water partition coefficient (Wildman–Crippen LogP) is 1.56. The zero-order valence-corrected chi connectivity index (χ0v) is 15.2. The van der Waals surface area contributed by atoms with Gasteiger partial charge in [0, 0.05) is 26.6 Å². The van der Waals surface area contributed by atoms with Crippen LogP contribution in [0.4, 0.5) is 0 Å². The molecule has 1 saturated carbocycles. The van der Waals surface area contributed by atoms with Crippen LogP contribution in [0.1, 0.15) is 58.7 Å². The second kappa shape index (κ2) is 7.17. The molecule has 1 N–H and O–H groups in total. The van der Waals surface area contributed by atoms with Gasteiger partial charge in [0.25, 0.3) is 0 Å². The quantitative estimate of drug-likeness (QED) is 0.819. The number of rotatable bonds is 7. The summed E-state index contributed by atoms with van der Waals surface area (Å²) < 4.78 is 1.95. The standard InChI is InChI=1S/C17H30N6O/c1-13(2)7-10-23-16(19-20-21-23)17(18-11-15-5-6-15)8-4-9-22(12-17)14(3)24/h13,15,18H,4-12H2,1-3H3. The number of carbonyl (C=O) groups is 1. The van der Waals surface area contributed by atoms with Crippen LogP contribution in [0.5, 0.6) is 0 Å². The lowest BCUT2D eigenvalue weighted by Gasteiger charge is -2.42. The molecule has 0 bridgehead atoms. The number of aryl methyl sites for hydroxylation is 1. The molecule has 0 spiro atoms. The lowest BCUT2D eigenvalue weighted by molar-refractivity contribution is -0.131. The molecular formula is C17H30N6O. The fourth-order valence-electron chi connectivity index (χ4n) is 3.47. The molecule has 0 aromatic carbocycles. The Morgan fingerprint density at radius 1 is 1.42 bits per heavy atom. The summed E-state index contributed by atoms with van der Waals surface area (Å²) in [6, 6.07) is 0. The molecule has 7 heteroatoms. The number of nitrogens with one attached hydrogen (secondary N) is 1. The highest BCUT2D eigenvalue weighted by Gasteiger charge is 2.43. The molecule has 1 aliphatic carbocycles. The SMILES string of the molecule is CC(=O)N1CCCC(NCC2CC2)(c2nnnn2CCC(C)C)C1. The zero-order valence-electron chi connectivity index (χ0n) is 15.2. The molecule has 0 radical (unpaired) electrons. The maximum atomic E-state index is 11.9. The van der Waals surface area contributed by atoms with Crippen LogP contribution in [-0.4, -0.2) is 50.6 Å². The van der Waals surface area contributed by atoms with Crippen molar-refractivity contribution < 1.29 is 4.79 Å². The number of amides is 1. The third-order valence-electron chi connectivity index (χ3n) is 5.24. The number of nitrogens with zero attached hydrogens (tertiary/aromatic N) is 5. The number of carbonyl (C=O) groups excluding carboxylic acids is 1. The Labute approximate surface area is 144 Å². The van der Waals surface area contributed by atoms with Gasteiger partial charge >= 0.3 is 0 Å². The molecule has 1 unspecified atom stereocenters. The van der Waals surface area contributed by atoms with Gasteiger partial charge < -0.3 is 10.2 Å². The summed E-state index contributed by atoms with van der Waals surface area (Å²) >= 11 is 0. The number of piperidine rings is 1. The lowest BCUT2D eigenvalue weighted by atomic mass is 9.87. The summed E-state index contributed by atoms with van der Waals surface area (Å²) in [7, 11) is 0. The van der Waals surface area contributed by atoms with Gasteiger partial charge in [-0.3, -0.25) is 4.79 Å². The summed E-state index contributed by atoms with van der Waals surface area (Å²) in [5.41, 5.74) is -0.313. The molecule has 2 fully saturated rings. The fraction of sp³-hybridized carbons (Fsp3) is 0.882. The maximum Gasteiger partial charge on any atom is 0.219 e. The van der Waals surface area contributed by atoms with E-state index in [2.05, 4.69) is 34.7 Å². The molecular weight excluding hydrogens is 304 g/mol. The van der Waals surface area contributed by atoms with Crippen molar-refractivity contribution in [2.45, 2.75) is 65.0 Å². The molecule has 1 amide bonds. The molecule has 1 atom stereocenters. The first-order chi connectivity index (χ1) is 11.5. The summed E-state index contributed by atoms with van der Waals surface area (Å²) in [5.74, 6) is 2.41. The van der Waals surface area contributed by atoms with Gasteiger partial charge in [-0.1, -0.05) is 13.8 Å². The topological polar surface area (TPSA) is 75.9 Å². The van der Waals surface area contributed by atoms with Gasteiger partial charge in [0.05, 0.1) is 5.54 Å². The third kappa shape index (κ3) is 3.94. The Morgan fingerprint density at radius 2 is 2.21 bits per heavy atom. The smallest absolute Gasteiger partial charge is 0.219 e. The number of hydrogen-bond acceptors (Lipinski definition) is 5. The zero-order chi connectivity index (χ0) is 17.2. The average Bonchev–Trinajstić information content (AvgIpc) is 3.26. The number of likely N-dealkylation sites (tertiary alicyclic amines) is 1. The minimum absolute atomic E-state index is 0.133. The van der Waals surface area contributed by atoms with Gasteiger partial charge in [0.2, 0.25) is 5.91 Å². The number of aromatic nitrogens is 4. The van der Waals surface area contributed by atoms with E-state index in [4.69, 9.17) is 0 Å². The van der Waals surface area contributed by atoms with Crippen LogP contribution < -0.4 is 5.32 Å². The second-order valence-electron chi connectivity index (χ2n) is 7.86. The van der Waals surface area contributed by atoms with Crippen LogP contribution >= 0.6 is 0 Å². The summed E-state index contributed by atoms with van der Waals surface area (Å²) in [5, 5.41) is 16.3. The van der Waals surface area contributed by atoms with Gasteiger partial charge in [-0.15, -0.1) is 5.10 Å². The van der Waals surface area contributed by atoms with Crippen molar-refractivity contribution in [3.8, 4) is 0 Å². The highest BCUT2D eigenvalue weighted by Crippen LogP contribution is 2.34. The van der Waals surface area contributed by atoms with Crippen LogP contribution in [0.25, 0.3) is 0 Å². The minimum Gasteiger partial charge on any atom is -0.341 e. The first-order valence-electron chi connectivity index (χ1n) is 9.27. The largest absolute Gasteiger partial charge is 0.341 e. The van der Waals surface area contributed by atoms with Crippen LogP contribution in [-0.2, 0) is 16.9 Å². The maximum absolute atomic E-state index is 11.9. The van der Waals surface area contributed by atoms with E-state index in [0.717, 1.165) is 50.6 Å². The predicted molar refractivity (Wildman–Crippen MR) is 91.2 cm³/mol. The lowest BCUT2D eigenvalue weighted by Crippen LogP contribution is -2.57. The minimum atomic E-state index is -0.313. The molecule has 2 heterocycles. The van der Waals surface area contributed by atoms with Crippen molar-refractivity contribution >= 4 is 5.91 Å². The molecule has 1 aliphatic heterocycles. The van der Waals surface area contributed by atoms with Crippen molar-refractivity contribution in [3.05, 3.63) is 5.82 Å². The molecule has 1 aromatic heterocycles. The Hall–Kier alpha value is -1.50. The molecule has 1 aromatic rings. The van der Waals surface area contributed by atoms with E-state index in [9.17, 15) is 4.79 Å². The van der Waals surface area contributed by atoms with Gasteiger partial charge in [-0.2, -0.15) is 0 Å². The van der Waals surface area contributed by atoms with Crippen LogP contribution in [0.2, 0.25) is 0 Å². The first-order valence-corrected chi connectivity index (χ1v) is 9.27. The normalized spacial score (nSPS) is 24.6. The molecule has 24 heavy (non-hydrogen) atoms. The average molecular weight is 334 g/mol. The van der Waals surface area contributed by atoms with E-state index < -0.39 is 0 Å².